The third-order valence-corrected chi connectivity index (χ3v) is 13.5. The number of hydrogen-bond donors (Lipinski definition) is 0. The molecule has 0 N–H and O–H groups in total. The lowest BCUT2D eigenvalue weighted by Crippen LogP contribution is -2.44. The molecule has 5 rings (SSSR count). The predicted octanol–water partition coefficient (Wildman–Crippen LogP) is 10.1. The fourth-order valence-electron chi connectivity index (χ4n) is 9.11. The number of rotatable bonds is 6. The highest BCUT2D eigenvalue weighted by atomic mass is 31.0. The zero-order valence-electron chi connectivity index (χ0n) is 21.9. The van der Waals surface area contributed by atoms with Crippen LogP contribution in [0.25, 0.3) is 0 Å². The van der Waals surface area contributed by atoms with Crippen molar-refractivity contribution in [1.82, 2.24) is 0 Å². The van der Waals surface area contributed by atoms with Gasteiger partial charge in [-0.2, -0.15) is 0 Å². The summed E-state index contributed by atoms with van der Waals surface area (Å²) in [5.41, 5.74) is 3.54. The highest BCUT2D eigenvalue weighted by molar-refractivity contribution is 7.19. The van der Waals surface area contributed by atoms with Gasteiger partial charge in [0.15, 0.2) is 0 Å². The molecule has 34 heavy (non-hydrogen) atoms. The highest BCUT2D eigenvalue weighted by Crippen LogP contribution is 2.61. The van der Waals surface area contributed by atoms with E-state index in [-0.39, 0.29) is 10.3 Å². The van der Waals surface area contributed by atoms with Gasteiger partial charge in [-0.1, -0.05) is 101 Å². The van der Waals surface area contributed by atoms with Crippen molar-refractivity contribution in [3.8, 4) is 0 Å². The normalized spacial score (nSPS) is 25.5. The van der Waals surface area contributed by atoms with Crippen molar-refractivity contribution in [1.29, 1.82) is 0 Å². The van der Waals surface area contributed by atoms with E-state index in [9.17, 15) is 0 Å². The first-order valence-corrected chi connectivity index (χ1v) is 16.5. The lowest BCUT2D eigenvalue weighted by atomic mass is 9.61. The van der Waals surface area contributed by atoms with Gasteiger partial charge in [-0.15, -0.1) is 18.5 Å². The fourth-order valence-corrected chi connectivity index (χ4v) is 10.9. The van der Waals surface area contributed by atoms with Crippen molar-refractivity contribution in [3.05, 3.63) is 35.4 Å². The van der Waals surface area contributed by atoms with E-state index in [1.165, 1.54) is 128 Å². The molecular weight excluding hydrogens is 446 g/mol. The van der Waals surface area contributed by atoms with Crippen molar-refractivity contribution in [2.45, 2.75) is 139 Å². The van der Waals surface area contributed by atoms with Crippen LogP contribution in [-0.2, 0) is 10.3 Å². The summed E-state index contributed by atoms with van der Waals surface area (Å²) in [5, 5.41) is 0.561. The van der Waals surface area contributed by atoms with Crippen LogP contribution in [-0.4, -0.2) is 0 Å². The summed E-state index contributed by atoms with van der Waals surface area (Å²) in [4.78, 5) is 0. The van der Waals surface area contributed by atoms with Crippen molar-refractivity contribution in [2.24, 2.45) is 23.7 Å². The Labute approximate surface area is 216 Å². The molecule has 4 aliphatic carbocycles. The van der Waals surface area contributed by atoms with Gasteiger partial charge in [-0.25, -0.2) is 0 Å². The van der Waals surface area contributed by atoms with Crippen LogP contribution in [0.3, 0.4) is 0 Å². The Morgan fingerprint density at radius 1 is 0.412 bits per heavy atom. The van der Waals surface area contributed by atoms with Crippen molar-refractivity contribution >= 4 is 18.5 Å². The monoisotopic (exact) mass is 498 g/mol. The summed E-state index contributed by atoms with van der Waals surface area (Å²) in [5.74, 6) is 3.40. The van der Waals surface area contributed by atoms with E-state index in [0.29, 0.717) is 0 Å². The van der Waals surface area contributed by atoms with Crippen molar-refractivity contribution < 1.29 is 0 Å². The summed E-state index contributed by atoms with van der Waals surface area (Å²) in [6.07, 6.45) is 29.0. The highest BCUT2D eigenvalue weighted by Gasteiger charge is 2.50. The van der Waals surface area contributed by atoms with E-state index in [1.54, 1.807) is 11.1 Å². The maximum Gasteiger partial charge on any atom is 0.0157 e. The molecule has 0 amide bonds. The molecule has 190 valence electrons. The summed E-state index contributed by atoms with van der Waals surface area (Å²) >= 11 is 0. The zero-order valence-corrected chi connectivity index (χ0v) is 24.2. The molecule has 4 aliphatic rings. The number of hydrogen-bond acceptors (Lipinski definition) is 0. The molecule has 0 saturated heterocycles. The van der Waals surface area contributed by atoms with Gasteiger partial charge in [0.1, 0.15) is 0 Å². The average molecular weight is 499 g/mol. The molecule has 2 unspecified atom stereocenters. The molecule has 0 aliphatic heterocycles. The van der Waals surface area contributed by atoms with Gasteiger partial charge < -0.3 is 0 Å². The maximum absolute atomic E-state index is 3.63. The van der Waals surface area contributed by atoms with Crippen LogP contribution in [0.15, 0.2) is 24.3 Å². The molecule has 4 saturated carbocycles. The van der Waals surface area contributed by atoms with Gasteiger partial charge >= 0.3 is 0 Å². The zero-order chi connectivity index (χ0) is 23.4. The smallest absolute Gasteiger partial charge is 0.0157 e. The second-order valence-corrected chi connectivity index (χ2v) is 14.7. The molecular formula is C32H52P2. The molecule has 1 aromatic rings. The van der Waals surface area contributed by atoms with Crippen LogP contribution in [0.5, 0.6) is 0 Å². The van der Waals surface area contributed by atoms with Gasteiger partial charge in [-0.05, 0) is 86.2 Å². The first kappa shape index (κ1) is 25.7. The SMILES string of the molecule is PC(c1ccccc1C(P)(C1CCCCC1)C1CCCCC1)(C1CCCCC1)C1CCCCC1. The standard InChI is InChI=1S/C32H52P2/c33-31(25-15-5-1-6-16-25,26-17-7-2-8-18-26)29-23-13-14-24-30(29)32(34,27-19-9-3-10-20-27)28-21-11-4-12-22-28/h13-14,23-28H,1-12,15-22,33-34H2. The molecule has 0 nitrogen and oxygen atoms in total. The van der Waals surface area contributed by atoms with Gasteiger partial charge in [0.2, 0.25) is 0 Å². The summed E-state index contributed by atoms with van der Waals surface area (Å²) in [6.45, 7) is 0. The van der Waals surface area contributed by atoms with E-state index in [1.807, 2.05) is 0 Å². The average Bonchev–Trinajstić information content (AvgIpc) is 2.94. The molecule has 0 heterocycles. The van der Waals surface area contributed by atoms with E-state index >= 15 is 0 Å². The Balaban J connectivity index is 1.62. The predicted molar refractivity (Wildman–Crippen MR) is 156 cm³/mol. The van der Waals surface area contributed by atoms with Crippen LogP contribution in [0, 0.1) is 23.7 Å². The molecule has 0 bridgehead atoms. The van der Waals surface area contributed by atoms with E-state index in [4.69, 9.17) is 0 Å². The Hall–Kier alpha value is 0.0800. The lowest BCUT2D eigenvalue weighted by molar-refractivity contribution is 0.157. The Kier molecular flexibility index (Phi) is 8.80. The minimum atomic E-state index is 0.280. The van der Waals surface area contributed by atoms with Gasteiger partial charge in [-0.3, -0.25) is 0 Å². The largest absolute Gasteiger partial charge is 0.126 e. The molecule has 2 heteroatoms. The topological polar surface area (TPSA) is 0 Å². The van der Waals surface area contributed by atoms with Crippen LogP contribution >= 0.6 is 18.5 Å². The van der Waals surface area contributed by atoms with Crippen LogP contribution in [0.2, 0.25) is 0 Å². The Morgan fingerprint density at radius 2 is 0.647 bits per heavy atom. The minimum absolute atomic E-state index is 0.280. The van der Waals surface area contributed by atoms with Crippen LogP contribution in [0.1, 0.15) is 140 Å². The second-order valence-electron chi connectivity index (χ2n) is 12.8. The summed E-state index contributed by atoms with van der Waals surface area (Å²) in [7, 11) is 7.25. The molecule has 1 aromatic carbocycles. The second kappa shape index (κ2) is 11.6. The Bertz CT molecular complexity index is 660. The lowest BCUT2D eigenvalue weighted by Gasteiger charge is -2.53. The maximum atomic E-state index is 3.63. The molecule has 0 spiro atoms. The van der Waals surface area contributed by atoms with Crippen LogP contribution in [0.4, 0.5) is 0 Å². The first-order chi connectivity index (χ1) is 16.6. The third kappa shape index (κ3) is 4.96. The van der Waals surface area contributed by atoms with E-state index in [0.717, 1.165) is 23.7 Å². The molecule has 0 aromatic heterocycles. The van der Waals surface area contributed by atoms with Gasteiger partial charge in [0, 0.05) is 10.3 Å². The van der Waals surface area contributed by atoms with Crippen molar-refractivity contribution in [3.63, 3.8) is 0 Å². The van der Waals surface area contributed by atoms with Crippen LogP contribution < -0.4 is 0 Å². The number of benzene rings is 1. The fraction of sp³-hybridized carbons (Fsp3) is 0.812. The minimum Gasteiger partial charge on any atom is -0.126 e. The third-order valence-electron chi connectivity index (χ3n) is 11.0. The quantitative estimate of drug-likeness (QED) is 0.342. The van der Waals surface area contributed by atoms with Crippen molar-refractivity contribution in [2.75, 3.05) is 0 Å². The summed E-state index contributed by atoms with van der Waals surface area (Å²) < 4.78 is 0. The molecule has 4 fully saturated rings. The van der Waals surface area contributed by atoms with E-state index < -0.39 is 0 Å². The Morgan fingerprint density at radius 3 is 0.882 bits per heavy atom. The van der Waals surface area contributed by atoms with Gasteiger partial charge in [0.05, 0.1) is 0 Å². The molecule has 0 radical (unpaired) electrons. The van der Waals surface area contributed by atoms with E-state index in [2.05, 4.69) is 42.7 Å². The van der Waals surface area contributed by atoms with Gasteiger partial charge in [0.25, 0.3) is 0 Å². The first-order valence-electron chi connectivity index (χ1n) is 15.3. The summed E-state index contributed by atoms with van der Waals surface area (Å²) in [6, 6.07) is 10.0. The molecule has 2 atom stereocenters.